The minimum absolute atomic E-state index is 0.136. The van der Waals surface area contributed by atoms with Crippen LogP contribution in [0.2, 0.25) is 0 Å². The number of anilines is 2. The summed E-state index contributed by atoms with van der Waals surface area (Å²) in [7, 11) is 0. The summed E-state index contributed by atoms with van der Waals surface area (Å²) in [5, 5.41) is 11.0. The van der Waals surface area contributed by atoms with E-state index in [9.17, 15) is 9.59 Å². The molecule has 0 saturated carbocycles. The maximum atomic E-state index is 13.2. The fourth-order valence-corrected chi connectivity index (χ4v) is 3.61. The number of hydrogen-bond acceptors (Lipinski definition) is 8. The minimum atomic E-state index is -0.303. The van der Waals surface area contributed by atoms with Gasteiger partial charge in [-0.25, -0.2) is 4.68 Å². The van der Waals surface area contributed by atoms with Crippen LogP contribution in [-0.2, 0) is 6.54 Å². The number of carbonyl (C=O) groups excluding carboxylic acids is 1. The van der Waals surface area contributed by atoms with Gasteiger partial charge in [-0.2, -0.15) is 5.10 Å². The summed E-state index contributed by atoms with van der Waals surface area (Å²) >= 11 is 0. The number of piperazine rings is 1. The maximum Gasteiger partial charge on any atom is 0.293 e. The van der Waals surface area contributed by atoms with Crippen molar-refractivity contribution in [2.75, 3.05) is 42.9 Å². The predicted octanol–water partition coefficient (Wildman–Crippen LogP) is 0.991. The summed E-state index contributed by atoms with van der Waals surface area (Å²) in [6, 6.07) is 3.37. The minimum Gasteiger partial charge on any atom is -0.350 e. The van der Waals surface area contributed by atoms with E-state index in [1.807, 2.05) is 18.7 Å². The maximum absolute atomic E-state index is 13.2. The third-order valence-corrected chi connectivity index (χ3v) is 5.09. The van der Waals surface area contributed by atoms with Crippen LogP contribution in [-0.4, -0.2) is 64.5 Å². The molecular weight excluding hydrogens is 394 g/mol. The first kappa shape index (κ1) is 22.5. The second kappa shape index (κ2) is 10.7. The van der Waals surface area contributed by atoms with E-state index in [1.54, 1.807) is 31.5 Å². The molecular formula is C22H29N7O2. The Morgan fingerprint density at radius 2 is 2.03 bits per heavy atom. The van der Waals surface area contributed by atoms with Crippen molar-refractivity contribution in [2.24, 2.45) is 0 Å². The van der Waals surface area contributed by atoms with E-state index in [1.165, 1.54) is 10.9 Å². The van der Waals surface area contributed by atoms with Crippen LogP contribution in [0.15, 0.2) is 35.5 Å². The Kier molecular flexibility index (Phi) is 7.76. The average Bonchev–Trinajstić information content (AvgIpc) is 3.21. The van der Waals surface area contributed by atoms with Crippen molar-refractivity contribution < 1.29 is 4.79 Å². The molecule has 0 bridgehead atoms. The number of rotatable bonds is 5. The Balaban J connectivity index is 0.00000132. The Morgan fingerprint density at radius 3 is 2.71 bits per heavy atom. The largest absolute Gasteiger partial charge is 0.350 e. The highest BCUT2D eigenvalue weighted by atomic mass is 16.1. The quantitative estimate of drug-likeness (QED) is 0.543. The van der Waals surface area contributed by atoms with Gasteiger partial charge in [0, 0.05) is 44.1 Å². The third kappa shape index (κ3) is 4.93. The first-order valence-electron chi connectivity index (χ1n) is 10.6. The van der Waals surface area contributed by atoms with E-state index < -0.39 is 0 Å². The van der Waals surface area contributed by atoms with Crippen molar-refractivity contribution in [3.8, 4) is 11.8 Å². The molecule has 1 unspecified atom stereocenters. The van der Waals surface area contributed by atoms with Crippen LogP contribution >= 0.6 is 0 Å². The molecule has 1 atom stereocenters. The molecule has 1 saturated heterocycles. The molecule has 0 spiro atoms. The van der Waals surface area contributed by atoms with Crippen molar-refractivity contribution in [2.45, 2.75) is 33.6 Å². The topological polar surface area (TPSA) is 95.4 Å². The van der Waals surface area contributed by atoms with Crippen LogP contribution in [0, 0.1) is 11.8 Å². The molecule has 164 valence electrons. The van der Waals surface area contributed by atoms with E-state index in [4.69, 9.17) is 0 Å². The van der Waals surface area contributed by atoms with Crippen molar-refractivity contribution in [3.63, 3.8) is 0 Å². The summed E-state index contributed by atoms with van der Waals surface area (Å²) in [5.41, 5.74) is 1.32. The highest BCUT2D eigenvalue weighted by Gasteiger charge is 2.36. The number of aromatic nitrogens is 3. The molecule has 9 nitrogen and oxygen atoms in total. The molecule has 2 aliphatic rings. The lowest BCUT2D eigenvalue weighted by Crippen LogP contribution is -2.56. The van der Waals surface area contributed by atoms with Gasteiger partial charge >= 0.3 is 0 Å². The van der Waals surface area contributed by atoms with Gasteiger partial charge < -0.3 is 15.5 Å². The molecule has 1 fully saturated rings. The van der Waals surface area contributed by atoms with Gasteiger partial charge in [0.25, 0.3) is 5.56 Å². The molecule has 0 aromatic carbocycles. The van der Waals surface area contributed by atoms with E-state index in [-0.39, 0.29) is 24.2 Å². The smallest absolute Gasteiger partial charge is 0.293 e. The van der Waals surface area contributed by atoms with Crippen LogP contribution in [0.3, 0.4) is 0 Å². The van der Waals surface area contributed by atoms with Crippen LogP contribution in [0.1, 0.15) is 31.1 Å². The van der Waals surface area contributed by atoms with E-state index in [0.29, 0.717) is 23.5 Å². The average molecular weight is 424 g/mol. The SMILES string of the molecule is CC.CC#CCN1c2c(cnn(CC(=O)c3cccnc3)c2=O)NC1N1CCNCC1. The first-order valence-corrected chi connectivity index (χ1v) is 10.6. The summed E-state index contributed by atoms with van der Waals surface area (Å²) < 4.78 is 1.21. The van der Waals surface area contributed by atoms with E-state index in [2.05, 4.69) is 37.5 Å². The molecule has 4 rings (SSSR count). The van der Waals surface area contributed by atoms with Gasteiger partial charge in [0.2, 0.25) is 0 Å². The fourth-order valence-electron chi connectivity index (χ4n) is 3.61. The highest BCUT2D eigenvalue weighted by Crippen LogP contribution is 2.31. The number of nitrogens with one attached hydrogen (secondary N) is 2. The van der Waals surface area contributed by atoms with E-state index >= 15 is 0 Å². The Labute approximate surface area is 182 Å². The molecule has 2 aliphatic heterocycles. The number of Topliss-reactive ketones (excluding diaryl/α,β-unsaturated/α-hetero) is 1. The molecule has 0 radical (unpaired) electrons. The fraction of sp³-hybridized carbons (Fsp3) is 0.455. The summed E-state index contributed by atoms with van der Waals surface area (Å²) in [5.74, 6) is 5.75. The molecule has 2 aromatic rings. The van der Waals surface area contributed by atoms with Gasteiger partial charge in [-0.15, -0.1) is 5.92 Å². The predicted molar refractivity (Wildman–Crippen MR) is 121 cm³/mol. The second-order valence-corrected chi connectivity index (χ2v) is 6.89. The Hall–Kier alpha value is -3.22. The molecule has 2 aromatic heterocycles. The second-order valence-electron chi connectivity index (χ2n) is 6.89. The van der Waals surface area contributed by atoms with Gasteiger partial charge in [0.15, 0.2) is 12.1 Å². The standard InChI is InChI=1S/C20H23N7O2.C2H6/c1-2-3-9-26-18-16(24-20(26)25-10-7-21-8-11-25)13-23-27(19(18)29)14-17(28)15-5-4-6-22-12-15;1-2/h4-6,12-13,20-21,24H,7-11,14H2,1H3;1-2H3. The van der Waals surface area contributed by atoms with E-state index in [0.717, 1.165) is 26.2 Å². The zero-order valence-electron chi connectivity index (χ0n) is 18.3. The molecule has 0 amide bonds. The van der Waals surface area contributed by atoms with Gasteiger partial charge in [-0.3, -0.25) is 19.5 Å². The number of hydrogen-bond donors (Lipinski definition) is 2. The Bertz CT molecular complexity index is 1000. The van der Waals surface area contributed by atoms with Crippen LogP contribution < -0.4 is 21.1 Å². The lowest BCUT2D eigenvalue weighted by molar-refractivity contribution is 0.0965. The molecule has 4 heterocycles. The summed E-state index contributed by atoms with van der Waals surface area (Å²) in [6.07, 6.45) is 4.55. The van der Waals surface area contributed by atoms with Gasteiger partial charge in [0.1, 0.15) is 12.2 Å². The lowest BCUT2D eigenvalue weighted by Gasteiger charge is -2.37. The van der Waals surface area contributed by atoms with Crippen LogP contribution in [0.25, 0.3) is 0 Å². The van der Waals surface area contributed by atoms with Gasteiger partial charge in [-0.1, -0.05) is 19.8 Å². The number of nitrogens with zero attached hydrogens (tertiary/aromatic N) is 5. The summed E-state index contributed by atoms with van der Waals surface area (Å²) in [4.78, 5) is 33.9. The summed E-state index contributed by atoms with van der Waals surface area (Å²) in [6.45, 7) is 9.57. The van der Waals surface area contributed by atoms with Crippen molar-refractivity contribution >= 4 is 17.2 Å². The Morgan fingerprint density at radius 1 is 1.26 bits per heavy atom. The molecule has 0 aliphatic carbocycles. The van der Waals surface area contributed by atoms with Crippen LogP contribution in [0.4, 0.5) is 11.4 Å². The number of pyridine rings is 1. The third-order valence-electron chi connectivity index (χ3n) is 5.09. The number of carbonyl (C=O) groups is 1. The van der Waals surface area contributed by atoms with Crippen LogP contribution in [0.5, 0.6) is 0 Å². The monoisotopic (exact) mass is 423 g/mol. The van der Waals surface area contributed by atoms with Crippen molar-refractivity contribution in [1.82, 2.24) is 25.0 Å². The highest BCUT2D eigenvalue weighted by molar-refractivity contribution is 5.95. The normalized spacial score (nSPS) is 17.5. The lowest BCUT2D eigenvalue weighted by atomic mass is 10.2. The molecule has 2 N–H and O–H groups in total. The van der Waals surface area contributed by atoms with Crippen molar-refractivity contribution in [1.29, 1.82) is 0 Å². The zero-order chi connectivity index (χ0) is 22.2. The number of fused-ring (bicyclic) bond motifs is 1. The van der Waals surface area contributed by atoms with Crippen molar-refractivity contribution in [3.05, 3.63) is 46.6 Å². The zero-order valence-corrected chi connectivity index (χ0v) is 18.3. The van der Waals surface area contributed by atoms with Gasteiger partial charge in [0.05, 0.1) is 18.4 Å². The first-order chi connectivity index (χ1) is 15.2. The molecule has 9 heteroatoms. The molecule has 31 heavy (non-hydrogen) atoms. The van der Waals surface area contributed by atoms with Gasteiger partial charge in [-0.05, 0) is 19.1 Å². The number of ketones is 1.